The molecule has 0 aliphatic carbocycles. The van der Waals surface area contributed by atoms with Gasteiger partial charge in [-0.3, -0.25) is 0 Å². The highest BCUT2D eigenvalue weighted by Gasteiger charge is 2.18. The predicted octanol–water partition coefficient (Wildman–Crippen LogP) is 2.97. The molecule has 3 rings (SSSR count). The summed E-state index contributed by atoms with van der Waals surface area (Å²) in [5, 5.41) is 0.537. The lowest BCUT2D eigenvalue weighted by Gasteiger charge is -2.21. The van der Waals surface area contributed by atoms with Crippen LogP contribution in [0.15, 0.2) is 30.5 Å². The van der Waals surface area contributed by atoms with E-state index in [1.165, 1.54) is 13.3 Å². The van der Waals surface area contributed by atoms with Gasteiger partial charge in [-0.15, -0.1) is 0 Å². The van der Waals surface area contributed by atoms with Gasteiger partial charge in [0.05, 0.1) is 19.3 Å². The molecule has 6 nitrogen and oxygen atoms in total. The van der Waals surface area contributed by atoms with E-state index >= 15 is 0 Å². The van der Waals surface area contributed by atoms with Crippen molar-refractivity contribution in [3.63, 3.8) is 0 Å². The summed E-state index contributed by atoms with van der Waals surface area (Å²) in [4.78, 5) is 16.0. The second kappa shape index (κ2) is 6.85. The van der Waals surface area contributed by atoms with Crippen molar-refractivity contribution in [3.05, 3.63) is 52.2 Å². The Bertz CT molecular complexity index is 717. The van der Waals surface area contributed by atoms with Crippen LogP contribution < -0.4 is 9.47 Å². The van der Waals surface area contributed by atoms with Crippen molar-refractivity contribution >= 4 is 17.6 Å². The van der Waals surface area contributed by atoms with Crippen LogP contribution in [0, 0.1) is 0 Å². The molecule has 0 spiro atoms. The van der Waals surface area contributed by atoms with Gasteiger partial charge in [0.1, 0.15) is 12.4 Å². The standard InChI is InChI=1S/C16H14ClNO5/c1-20-14-3-2-10(6-18-14)16(19)22-8-12-5-13(17)4-11-7-21-9-23-15(11)12/h2-6H,7-9H2,1H3. The van der Waals surface area contributed by atoms with Crippen molar-refractivity contribution in [2.75, 3.05) is 13.9 Å². The van der Waals surface area contributed by atoms with Crippen molar-refractivity contribution < 1.29 is 23.7 Å². The fourth-order valence-electron chi connectivity index (χ4n) is 2.21. The fourth-order valence-corrected chi connectivity index (χ4v) is 2.48. The molecule has 120 valence electrons. The Hall–Kier alpha value is -2.31. The molecule has 1 aliphatic heterocycles. The molecule has 0 radical (unpaired) electrons. The number of pyridine rings is 1. The highest BCUT2D eigenvalue weighted by atomic mass is 35.5. The third-order valence-electron chi connectivity index (χ3n) is 3.29. The van der Waals surface area contributed by atoms with Crippen molar-refractivity contribution in [1.29, 1.82) is 0 Å². The molecule has 0 bridgehead atoms. The van der Waals surface area contributed by atoms with Crippen LogP contribution in [-0.4, -0.2) is 24.9 Å². The van der Waals surface area contributed by atoms with Crippen LogP contribution in [0.5, 0.6) is 11.6 Å². The van der Waals surface area contributed by atoms with Gasteiger partial charge in [0.15, 0.2) is 6.79 Å². The molecule has 0 saturated carbocycles. The van der Waals surface area contributed by atoms with Gasteiger partial charge in [0.25, 0.3) is 0 Å². The van der Waals surface area contributed by atoms with E-state index in [4.69, 9.17) is 30.5 Å². The molecule has 0 unspecified atom stereocenters. The minimum Gasteiger partial charge on any atom is -0.481 e. The zero-order chi connectivity index (χ0) is 16.2. The van der Waals surface area contributed by atoms with E-state index in [1.54, 1.807) is 24.3 Å². The number of fused-ring (bicyclic) bond motifs is 1. The fraction of sp³-hybridized carbons (Fsp3) is 0.250. The second-order valence-electron chi connectivity index (χ2n) is 4.83. The Labute approximate surface area is 137 Å². The van der Waals surface area contributed by atoms with E-state index < -0.39 is 5.97 Å². The number of carbonyl (C=O) groups excluding carboxylic acids is 1. The number of esters is 1. The molecular weight excluding hydrogens is 322 g/mol. The van der Waals surface area contributed by atoms with Crippen LogP contribution in [0.4, 0.5) is 0 Å². The number of ether oxygens (including phenoxy) is 4. The Kier molecular flexibility index (Phi) is 4.64. The van der Waals surface area contributed by atoms with Crippen LogP contribution in [0.1, 0.15) is 21.5 Å². The maximum absolute atomic E-state index is 12.1. The molecule has 0 saturated heterocycles. The van der Waals surface area contributed by atoms with E-state index in [0.717, 1.165) is 5.56 Å². The molecule has 23 heavy (non-hydrogen) atoms. The average Bonchev–Trinajstić information content (AvgIpc) is 2.59. The third kappa shape index (κ3) is 3.55. The quantitative estimate of drug-likeness (QED) is 0.800. The summed E-state index contributed by atoms with van der Waals surface area (Å²) in [5.41, 5.74) is 1.87. The van der Waals surface area contributed by atoms with Crippen molar-refractivity contribution in [1.82, 2.24) is 4.98 Å². The number of benzene rings is 1. The topological polar surface area (TPSA) is 66.9 Å². The SMILES string of the molecule is COc1ccc(C(=O)OCc2cc(Cl)cc3c2OCOC3)cn1. The minimum atomic E-state index is -0.485. The molecule has 0 atom stereocenters. The summed E-state index contributed by atoms with van der Waals surface area (Å²) < 4.78 is 20.9. The van der Waals surface area contributed by atoms with Gasteiger partial charge in [0, 0.05) is 28.4 Å². The van der Waals surface area contributed by atoms with E-state index in [-0.39, 0.29) is 13.4 Å². The van der Waals surface area contributed by atoms with Crippen LogP contribution in [0.3, 0.4) is 0 Å². The zero-order valence-corrected chi connectivity index (χ0v) is 13.1. The molecule has 1 aromatic heterocycles. The van der Waals surface area contributed by atoms with Gasteiger partial charge in [0.2, 0.25) is 5.88 Å². The maximum Gasteiger partial charge on any atom is 0.340 e. The first-order valence-corrected chi connectivity index (χ1v) is 7.24. The van der Waals surface area contributed by atoms with Crippen LogP contribution in [-0.2, 0) is 22.7 Å². The normalized spacial score (nSPS) is 13.0. The number of methoxy groups -OCH3 is 1. The van der Waals surface area contributed by atoms with Crippen molar-refractivity contribution in [3.8, 4) is 11.6 Å². The maximum atomic E-state index is 12.1. The van der Waals surface area contributed by atoms with E-state index in [9.17, 15) is 4.79 Å². The van der Waals surface area contributed by atoms with Crippen LogP contribution >= 0.6 is 11.6 Å². The van der Waals surface area contributed by atoms with Crippen LogP contribution in [0.25, 0.3) is 0 Å². The first-order chi connectivity index (χ1) is 11.2. The monoisotopic (exact) mass is 335 g/mol. The molecule has 1 aromatic carbocycles. The Morgan fingerprint density at radius 3 is 3.00 bits per heavy atom. The highest BCUT2D eigenvalue weighted by Crippen LogP contribution is 2.32. The lowest BCUT2D eigenvalue weighted by molar-refractivity contribution is -0.0180. The van der Waals surface area contributed by atoms with Gasteiger partial charge in [-0.25, -0.2) is 9.78 Å². The Morgan fingerprint density at radius 1 is 1.39 bits per heavy atom. The highest BCUT2D eigenvalue weighted by molar-refractivity contribution is 6.30. The minimum absolute atomic E-state index is 0.0494. The van der Waals surface area contributed by atoms with E-state index in [1.807, 2.05) is 0 Å². The summed E-state index contributed by atoms with van der Waals surface area (Å²) in [6.07, 6.45) is 1.40. The first kappa shape index (κ1) is 15.6. The molecule has 2 aromatic rings. The van der Waals surface area contributed by atoms with Gasteiger partial charge >= 0.3 is 5.97 Å². The number of aromatic nitrogens is 1. The Balaban J connectivity index is 1.72. The zero-order valence-electron chi connectivity index (χ0n) is 12.4. The molecule has 0 N–H and O–H groups in total. The second-order valence-corrected chi connectivity index (χ2v) is 5.27. The molecule has 1 aliphatic rings. The van der Waals surface area contributed by atoms with Crippen molar-refractivity contribution in [2.24, 2.45) is 0 Å². The molecule has 7 heteroatoms. The number of halogens is 1. The Morgan fingerprint density at radius 2 is 2.26 bits per heavy atom. The summed E-state index contributed by atoms with van der Waals surface area (Å²) in [5.74, 6) is 0.598. The number of hydrogen-bond acceptors (Lipinski definition) is 6. The van der Waals surface area contributed by atoms with Crippen molar-refractivity contribution in [2.45, 2.75) is 13.2 Å². The summed E-state index contributed by atoms with van der Waals surface area (Å²) in [6.45, 7) is 0.630. The molecule has 0 fully saturated rings. The van der Waals surface area contributed by atoms with Gasteiger partial charge in [-0.2, -0.15) is 0 Å². The lowest BCUT2D eigenvalue weighted by atomic mass is 10.1. The smallest absolute Gasteiger partial charge is 0.340 e. The average molecular weight is 336 g/mol. The number of hydrogen-bond donors (Lipinski definition) is 0. The predicted molar refractivity (Wildman–Crippen MR) is 81.6 cm³/mol. The third-order valence-corrected chi connectivity index (χ3v) is 3.51. The van der Waals surface area contributed by atoms with Gasteiger partial charge < -0.3 is 18.9 Å². The lowest BCUT2D eigenvalue weighted by Crippen LogP contribution is -2.14. The van der Waals surface area contributed by atoms with Gasteiger partial charge in [-0.1, -0.05) is 11.6 Å². The number of nitrogens with zero attached hydrogens (tertiary/aromatic N) is 1. The largest absolute Gasteiger partial charge is 0.481 e. The van der Waals surface area contributed by atoms with Gasteiger partial charge in [-0.05, 0) is 18.2 Å². The van der Waals surface area contributed by atoms with E-state index in [0.29, 0.717) is 34.4 Å². The van der Waals surface area contributed by atoms with Crippen LogP contribution in [0.2, 0.25) is 5.02 Å². The number of rotatable bonds is 4. The number of carbonyl (C=O) groups is 1. The van der Waals surface area contributed by atoms with E-state index in [2.05, 4.69) is 4.98 Å². The summed E-state index contributed by atoms with van der Waals surface area (Å²) in [7, 11) is 1.51. The molecule has 2 heterocycles. The summed E-state index contributed by atoms with van der Waals surface area (Å²) in [6, 6.07) is 6.67. The summed E-state index contributed by atoms with van der Waals surface area (Å²) >= 11 is 6.07. The molecule has 0 amide bonds. The molecular formula is C16H14ClNO5. The first-order valence-electron chi connectivity index (χ1n) is 6.86.